The van der Waals surface area contributed by atoms with Crippen LogP contribution in [-0.4, -0.2) is 12.6 Å². The lowest BCUT2D eigenvalue weighted by Gasteiger charge is -2.43. The number of rotatable bonds is 0. The molecule has 1 aliphatic heterocycles. The number of likely N-dealkylation sites (N-methyl/N-ethyl adjacent to an activating group) is 1. The first-order chi connectivity index (χ1) is 6.96. The summed E-state index contributed by atoms with van der Waals surface area (Å²) >= 11 is 0. The minimum Gasteiger partial charge on any atom is -0.400 e. The van der Waals surface area contributed by atoms with E-state index in [0.717, 1.165) is 5.70 Å². The lowest BCUT2D eigenvalue weighted by Crippen LogP contribution is -2.48. The Balaban J connectivity index is 2.72. The summed E-state index contributed by atoms with van der Waals surface area (Å²) < 4.78 is 0. The van der Waals surface area contributed by atoms with Gasteiger partial charge in [-0.15, -0.1) is 0 Å². The van der Waals surface area contributed by atoms with Gasteiger partial charge < -0.3 is 10.6 Å². The van der Waals surface area contributed by atoms with Crippen LogP contribution in [0.1, 0.15) is 26.3 Å². The zero-order valence-corrected chi connectivity index (χ0v) is 9.83. The van der Waals surface area contributed by atoms with Crippen molar-refractivity contribution < 1.29 is 0 Å². The van der Waals surface area contributed by atoms with E-state index < -0.39 is 0 Å². The monoisotopic (exact) mass is 202 g/mol. The molecule has 0 fully saturated rings. The fourth-order valence-corrected chi connectivity index (χ4v) is 2.17. The maximum Gasteiger partial charge on any atom is 0.0740 e. The summed E-state index contributed by atoms with van der Waals surface area (Å²) in [7, 11) is 2.10. The number of anilines is 1. The van der Waals surface area contributed by atoms with Crippen LogP contribution in [0.5, 0.6) is 0 Å². The molecule has 1 aromatic rings. The van der Waals surface area contributed by atoms with Crippen LogP contribution >= 0.6 is 0 Å². The highest BCUT2D eigenvalue weighted by Crippen LogP contribution is 2.39. The highest BCUT2D eigenvalue weighted by atomic mass is 15.2. The molecule has 80 valence electrons. The molecule has 0 aromatic heterocycles. The van der Waals surface area contributed by atoms with Crippen molar-refractivity contribution in [2.75, 3.05) is 11.9 Å². The Labute approximate surface area is 91.4 Å². The van der Waals surface area contributed by atoms with E-state index in [9.17, 15) is 0 Å². The molecule has 0 bridgehead atoms. The number of benzene rings is 1. The first-order valence-electron chi connectivity index (χ1n) is 5.26. The molecule has 1 aliphatic rings. The Bertz CT molecular complexity index is 430. The van der Waals surface area contributed by atoms with Crippen molar-refractivity contribution in [3.05, 3.63) is 35.5 Å². The van der Waals surface area contributed by atoms with Gasteiger partial charge in [0.2, 0.25) is 0 Å². The summed E-state index contributed by atoms with van der Waals surface area (Å²) in [6, 6.07) is 8.40. The smallest absolute Gasteiger partial charge is 0.0740 e. The van der Waals surface area contributed by atoms with Gasteiger partial charge in [0.15, 0.2) is 0 Å². The van der Waals surface area contributed by atoms with Gasteiger partial charge >= 0.3 is 0 Å². The fourth-order valence-electron chi connectivity index (χ4n) is 2.17. The van der Waals surface area contributed by atoms with E-state index in [0.29, 0.717) is 0 Å². The number of allylic oxidation sites excluding steroid dienone is 1. The van der Waals surface area contributed by atoms with Gasteiger partial charge in [-0.1, -0.05) is 18.2 Å². The zero-order valence-electron chi connectivity index (χ0n) is 9.83. The number of nitrogens with zero attached hydrogens (tertiary/aromatic N) is 1. The van der Waals surface area contributed by atoms with Gasteiger partial charge in [-0.25, -0.2) is 0 Å². The predicted octanol–water partition coefficient (Wildman–Crippen LogP) is 2.60. The second-order valence-corrected chi connectivity index (χ2v) is 4.67. The summed E-state index contributed by atoms with van der Waals surface area (Å²) in [6.45, 7) is 6.41. The third-order valence-electron chi connectivity index (χ3n) is 3.57. The Morgan fingerprint density at radius 2 is 1.80 bits per heavy atom. The Kier molecular flexibility index (Phi) is 2.03. The van der Waals surface area contributed by atoms with Gasteiger partial charge in [-0.2, -0.15) is 0 Å². The predicted molar refractivity (Wildman–Crippen MR) is 65.7 cm³/mol. The van der Waals surface area contributed by atoms with Crippen LogP contribution in [0.3, 0.4) is 0 Å². The van der Waals surface area contributed by atoms with E-state index in [1.54, 1.807) is 0 Å². The average Bonchev–Trinajstić information content (AvgIpc) is 2.24. The Morgan fingerprint density at radius 3 is 2.47 bits per heavy atom. The molecular formula is C13H18N2. The van der Waals surface area contributed by atoms with Gasteiger partial charge in [-0.3, -0.25) is 0 Å². The van der Waals surface area contributed by atoms with Crippen LogP contribution < -0.4 is 10.6 Å². The van der Waals surface area contributed by atoms with Gasteiger partial charge in [0.25, 0.3) is 0 Å². The lowest BCUT2D eigenvalue weighted by atomic mass is 9.86. The van der Waals surface area contributed by atoms with E-state index in [-0.39, 0.29) is 5.54 Å². The molecule has 2 rings (SSSR count). The molecule has 0 amide bonds. The van der Waals surface area contributed by atoms with Crippen molar-refractivity contribution in [2.24, 2.45) is 5.73 Å². The maximum absolute atomic E-state index is 6.20. The molecule has 0 atom stereocenters. The second kappa shape index (κ2) is 3.02. The molecule has 0 aliphatic carbocycles. The number of hydrogen-bond donors (Lipinski definition) is 1. The summed E-state index contributed by atoms with van der Waals surface area (Å²) in [4.78, 5) is 2.24. The normalized spacial score (nSPS) is 19.1. The molecule has 15 heavy (non-hydrogen) atoms. The van der Waals surface area contributed by atoms with Crippen molar-refractivity contribution in [1.82, 2.24) is 0 Å². The van der Waals surface area contributed by atoms with Crippen LogP contribution in [0.15, 0.2) is 30.0 Å². The molecule has 1 heterocycles. The van der Waals surface area contributed by atoms with Crippen molar-refractivity contribution in [2.45, 2.75) is 26.3 Å². The molecule has 2 N–H and O–H groups in total. The van der Waals surface area contributed by atoms with Gasteiger partial charge in [-0.05, 0) is 32.4 Å². The zero-order chi connectivity index (χ0) is 11.2. The van der Waals surface area contributed by atoms with Crippen LogP contribution in [0, 0.1) is 0 Å². The van der Waals surface area contributed by atoms with Crippen LogP contribution in [0.25, 0.3) is 5.57 Å². The van der Waals surface area contributed by atoms with Crippen molar-refractivity contribution in [1.29, 1.82) is 0 Å². The Morgan fingerprint density at radius 1 is 1.20 bits per heavy atom. The molecule has 0 saturated carbocycles. The summed E-state index contributed by atoms with van der Waals surface area (Å²) in [6.07, 6.45) is 0. The average molecular weight is 202 g/mol. The Hall–Kier alpha value is -1.44. The lowest BCUT2D eigenvalue weighted by molar-refractivity contribution is 0.556. The van der Waals surface area contributed by atoms with Gasteiger partial charge in [0.1, 0.15) is 0 Å². The second-order valence-electron chi connectivity index (χ2n) is 4.67. The standard InChI is InChI=1S/C13H18N2/c1-9-10-7-5-6-8-11(10)15(4)13(2,3)12(9)14/h5-8H,14H2,1-4H3. The van der Waals surface area contributed by atoms with E-state index >= 15 is 0 Å². The van der Waals surface area contributed by atoms with E-state index in [2.05, 4.69) is 57.0 Å². The fraction of sp³-hybridized carbons (Fsp3) is 0.385. The van der Waals surface area contributed by atoms with Crippen molar-refractivity contribution >= 4 is 11.3 Å². The molecule has 0 radical (unpaired) electrons. The van der Waals surface area contributed by atoms with Crippen LogP contribution in [-0.2, 0) is 0 Å². The largest absolute Gasteiger partial charge is 0.400 e. The van der Waals surface area contributed by atoms with Crippen LogP contribution in [0.2, 0.25) is 0 Å². The molecule has 2 nitrogen and oxygen atoms in total. The quantitative estimate of drug-likeness (QED) is 0.700. The molecular weight excluding hydrogens is 184 g/mol. The molecule has 0 unspecified atom stereocenters. The minimum absolute atomic E-state index is 0.0988. The highest BCUT2D eigenvalue weighted by Gasteiger charge is 2.33. The van der Waals surface area contributed by atoms with Crippen molar-refractivity contribution in [3.8, 4) is 0 Å². The highest BCUT2D eigenvalue weighted by molar-refractivity contribution is 5.82. The number of nitrogens with two attached hydrogens (primary N) is 1. The first kappa shape index (κ1) is 10.1. The SMILES string of the molecule is CC1=C(N)C(C)(C)N(C)c2ccccc21. The van der Waals surface area contributed by atoms with E-state index in [1.165, 1.54) is 16.8 Å². The molecule has 1 aromatic carbocycles. The third-order valence-corrected chi connectivity index (χ3v) is 3.57. The third kappa shape index (κ3) is 1.24. The number of hydrogen-bond acceptors (Lipinski definition) is 2. The van der Waals surface area contributed by atoms with E-state index in [1.807, 2.05) is 0 Å². The van der Waals surface area contributed by atoms with Gasteiger partial charge in [0.05, 0.1) is 5.54 Å². The summed E-state index contributed by atoms with van der Waals surface area (Å²) in [5.41, 5.74) is 10.8. The molecule has 2 heteroatoms. The molecule has 0 saturated heterocycles. The topological polar surface area (TPSA) is 29.3 Å². The van der Waals surface area contributed by atoms with Crippen molar-refractivity contribution in [3.63, 3.8) is 0 Å². The number of fused-ring (bicyclic) bond motifs is 1. The maximum atomic E-state index is 6.20. The minimum atomic E-state index is -0.0988. The van der Waals surface area contributed by atoms with Gasteiger partial charge in [0, 0.05) is 24.0 Å². The molecule has 0 spiro atoms. The van der Waals surface area contributed by atoms with E-state index in [4.69, 9.17) is 5.73 Å². The summed E-state index contributed by atoms with van der Waals surface area (Å²) in [5, 5.41) is 0. The number of para-hydroxylation sites is 1. The summed E-state index contributed by atoms with van der Waals surface area (Å²) in [5.74, 6) is 0. The first-order valence-corrected chi connectivity index (χ1v) is 5.26. The van der Waals surface area contributed by atoms with Crippen LogP contribution in [0.4, 0.5) is 5.69 Å².